The van der Waals surface area contributed by atoms with Crippen LogP contribution < -0.4 is 5.32 Å². The molecule has 0 aliphatic carbocycles. The Morgan fingerprint density at radius 3 is 1.21 bits per heavy atom. The molecule has 0 bridgehead atoms. The molecule has 0 spiro atoms. The van der Waals surface area contributed by atoms with Gasteiger partial charge in [0.05, 0.1) is 25.4 Å². The minimum Gasteiger partial charge on any atom is -0.394 e. The number of rotatable bonds is 54. The number of unbranched alkanes of at least 4 members (excludes halogenated alkanes) is 41. The van der Waals surface area contributed by atoms with Crippen LogP contribution in [0.4, 0.5) is 0 Å². The summed E-state index contributed by atoms with van der Waals surface area (Å²) in [6, 6.07) is -0.994. The summed E-state index contributed by atoms with van der Waals surface area (Å²) in [5.41, 5.74) is 0. The molecule has 1 amide bonds. The Hall–Kier alpha value is -1.37. The first-order chi connectivity index (χ1) is 35.3. The zero-order valence-corrected chi connectivity index (χ0v) is 47.1. The van der Waals surface area contributed by atoms with Gasteiger partial charge in [-0.25, -0.2) is 0 Å². The van der Waals surface area contributed by atoms with Crippen LogP contribution in [0.15, 0.2) is 24.3 Å². The van der Waals surface area contributed by atoms with Gasteiger partial charge >= 0.3 is 0 Å². The zero-order valence-electron chi connectivity index (χ0n) is 47.1. The van der Waals surface area contributed by atoms with Gasteiger partial charge < -0.3 is 45.4 Å². The standard InChI is InChI=1S/C62H119NO9/c1-3-5-7-9-11-13-15-17-18-19-20-21-22-23-24-25-26-27-28-29-30-31-32-33-34-35-36-37-39-41-43-45-47-49-51-56(66)61(70)63-54(53-71-62-60(69)59(68)58(67)57(52-64)72-62)55(65)50-48-46-44-42-40-38-16-14-12-10-8-6-4-2/h40,42,48,50,54-60,62,64-69H,3-39,41,43-47,49,51-53H2,1-2H3,(H,63,70)/b42-40+,50-48+. The van der Waals surface area contributed by atoms with Gasteiger partial charge in [0.1, 0.15) is 30.5 Å². The van der Waals surface area contributed by atoms with Gasteiger partial charge in [0.15, 0.2) is 6.29 Å². The number of carbonyl (C=O) groups excluding carboxylic acids is 1. The lowest BCUT2D eigenvalue weighted by atomic mass is 9.99. The van der Waals surface area contributed by atoms with Gasteiger partial charge in [-0.15, -0.1) is 0 Å². The molecule has 72 heavy (non-hydrogen) atoms. The van der Waals surface area contributed by atoms with E-state index in [0.29, 0.717) is 12.8 Å². The summed E-state index contributed by atoms with van der Waals surface area (Å²) in [6.45, 7) is 3.62. The highest BCUT2D eigenvalue weighted by Gasteiger charge is 2.44. The molecular weight excluding hydrogens is 903 g/mol. The smallest absolute Gasteiger partial charge is 0.249 e. The van der Waals surface area contributed by atoms with E-state index in [1.54, 1.807) is 6.08 Å². The third-order valence-corrected chi connectivity index (χ3v) is 15.1. The van der Waals surface area contributed by atoms with Crippen LogP contribution in [0.1, 0.15) is 303 Å². The Bertz CT molecular complexity index is 1200. The summed E-state index contributed by atoms with van der Waals surface area (Å²) in [5, 5.41) is 64.9. The van der Waals surface area contributed by atoms with Crippen molar-refractivity contribution in [2.24, 2.45) is 0 Å². The van der Waals surface area contributed by atoms with Crippen LogP contribution in [0.5, 0.6) is 0 Å². The Kier molecular flexibility index (Phi) is 49.3. The number of allylic oxidation sites excluding steroid dienone is 3. The summed E-state index contributed by atoms with van der Waals surface area (Å²) in [5.74, 6) is -0.621. The highest BCUT2D eigenvalue weighted by Crippen LogP contribution is 2.23. The second kappa shape index (κ2) is 51.7. The molecular formula is C62H119NO9. The lowest BCUT2D eigenvalue weighted by Crippen LogP contribution is -2.60. The van der Waals surface area contributed by atoms with E-state index < -0.39 is 61.5 Å². The van der Waals surface area contributed by atoms with Crippen LogP contribution in [-0.2, 0) is 14.3 Å². The molecule has 0 radical (unpaired) electrons. The van der Waals surface area contributed by atoms with Crippen molar-refractivity contribution in [1.29, 1.82) is 0 Å². The summed E-state index contributed by atoms with van der Waals surface area (Å²) in [6.07, 6.45) is 56.1. The number of carbonyl (C=O) groups is 1. The lowest BCUT2D eigenvalue weighted by Gasteiger charge is -2.40. The van der Waals surface area contributed by atoms with Crippen LogP contribution in [0.3, 0.4) is 0 Å². The van der Waals surface area contributed by atoms with E-state index in [1.807, 2.05) is 6.08 Å². The maximum atomic E-state index is 13.1. The van der Waals surface area contributed by atoms with E-state index in [1.165, 1.54) is 238 Å². The summed E-state index contributed by atoms with van der Waals surface area (Å²) < 4.78 is 11.2. The Labute approximate surface area is 443 Å². The van der Waals surface area contributed by atoms with E-state index in [2.05, 4.69) is 31.3 Å². The molecule has 426 valence electrons. The Morgan fingerprint density at radius 1 is 0.472 bits per heavy atom. The van der Waals surface area contributed by atoms with Gasteiger partial charge in [-0.1, -0.05) is 295 Å². The van der Waals surface area contributed by atoms with Gasteiger partial charge in [-0.2, -0.15) is 0 Å². The topological polar surface area (TPSA) is 169 Å². The van der Waals surface area contributed by atoms with Gasteiger partial charge in [0.2, 0.25) is 5.91 Å². The van der Waals surface area contributed by atoms with Crippen molar-refractivity contribution in [2.45, 2.75) is 352 Å². The molecule has 0 aromatic heterocycles. The maximum Gasteiger partial charge on any atom is 0.249 e. The molecule has 1 aliphatic rings. The monoisotopic (exact) mass is 1020 g/mol. The van der Waals surface area contributed by atoms with Gasteiger partial charge in [0, 0.05) is 0 Å². The van der Waals surface area contributed by atoms with Gasteiger partial charge in [-0.3, -0.25) is 4.79 Å². The summed E-state index contributed by atoms with van der Waals surface area (Å²) in [4.78, 5) is 13.1. The van der Waals surface area contributed by atoms with Crippen molar-refractivity contribution < 1.29 is 44.9 Å². The van der Waals surface area contributed by atoms with Crippen LogP contribution in [0, 0.1) is 0 Å². The van der Waals surface area contributed by atoms with Crippen molar-refractivity contribution in [3.8, 4) is 0 Å². The molecule has 1 fully saturated rings. The average Bonchev–Trinajstić information content (AvgIpc) is 3.38. The molecule has 1 aliphatic heterocycles. The lowest BCUT2D eigenvalue weighted by molar-refractivity contribution is -0.302. The molecule has 0 aromatic rings. The van der Waals surface area contributed by atoms with Crippen LogP contribution in [0.2, 0.25) is 0 Å². The minimum atomic E-state index is -1.61. The third kappa shape index (κ3) is 40.0. The molecule has 10 heteroatoms. The van der Waals surface area contributed by atoms with E-state index >= 15 is 0 Å². The van der Waals surface area contributed by atoms with E-state index in [9.17, 15) is 35.4 Å². The normalized spacial score (nSPS) is 19.7. The molecule has 1 heterocycles. The second-order valence-corrected chi connectivity index (χ2v) is 22.0. The number of hydrogen-bond acceptors (Lipinski definition) is 9. The zero-order chi connectivity index (χ0) is 52.4. The minimum absolute atomic E-state index is 0.308. The number of hydrogen-bond donors (Lipinski definition) is 7. The third-order valence-electron chi connectivity index (χ3n) is 15.1. The average molecular weight is 1020 g/mol. The van der Waals surface area contributed by atoms with Crippen molar-refractivity contribution in [3.63, 3.8) is 0 Å². The Morgan fingerprint density at radius 2 is 0.819 bits per heavy atom. The van der Waals surface area contributed by atoms with Crippen molar-refractivity contribution in [1.82, 2.24) is 5.32 Å². The van der Waals surface area contributed by atoms with Crippen LogP contribution in [0.25, 0.3) is 0 Å². The summed E-state index contributed by atoms with van der Waals surface area (Å²) in [7, 11) is 0. The fourth-order valence-electron chi connectivity index (χ4n) is 10.1. The molecule has 8 unspecified atom stereocenters. The molecule has 1 rings (SSSR count). The van der Waals surface area contributed by atoms with Crippen LogP contribution in [-0.4, -0.2) is 98.7 Å². The van der Waals surface area contributed by atoms with E-state index in [-0.39, 0.29) is 6.61 Å². The first kappa shape index (κ1) is 68.6. The maximum absolute atomic E-state index is 13.1. The number of ether oxygens (including phenoxy) is 2. The van der Waals surface area contributed by atoms with Gasteiger partial charge in [0.25, 0.3) is 0 Å². The van der Waals surface area contributed by atoms with Gasteiger partial charge in [-0.05, 0) is 32.1 Å². The number of aliphatic hydroxyl groups is 6. The first-order valence-electron chi connectivity index (χ1n) is 31.2. The summed E-state index contributed by atoms with van der Waals surface area (Å²) >= 11 is 0. The molecule has 1 saturated heterocycles. The number of aliphatic hydroxyl groups excluding tert-OH is 6. The highest BCUT2D eigenvalue weighted by atomic mass is 16.7. The van der Waals surface area contributed by atoms with Crippen molar-refractivity contribution >= 4 is 5.91 Å². The van der Waals surface area contributed by atoms with Crippen molar-refractivity contribution in [2.75, 3.05) is 13.2 Å². The SMILES string of the molecule is CCCCCCCCC/C=C/CC/C=C/C(O)C(COC1OC(CO)C(O)C(O)C1O)NC(=O)C(O)CCCCCCCCCCCCCCCCCCCCCCCCCCCCCCCCCCCC. The number of amides is 1. The Balaban J connectivity index is 2.11. The first-order valence-corrected chi connectivity index (χ1v) is 31.2. The predicted octanol–water partition coefficient (Wildman–Crippen LogP) is 14.7. The molecule has 8 atom stereocenters. The molecule has 7 N–H and O–H groups in total. The molecule has 0 saturated carbocycles. The molecule has 0 aromatic carbocycles. The van der Waals surface area contributed by atoms with Crippen molar-refractivity contribution in [3.05, 3.63) is 24.3 Å². The number of nitrogens with one attached hydrogen (secondary N) is 1. The highest BCUT2D eigenvalue weighted by molar-refractivity contribution is 5.80. The predicted molar refractivity (Wildman–Crippen MR) is 301 cm³/mol. The second-order valence-electron chi connectivity index (χ2n) is 22.0. The van der Waals surface area contributed by atoms with E-state index in [0.717, 1.165) is 38.5 Å². The van der Waals surface area contributed by atoms with E-state index in [4.69, 9.17) is 9.47 Å². The quantitative estimate of drug-likeness (QED) is 0.0232. The fourth-order valence-corrected chi connectivity index (χ4v) is 10.1. The molecule has 10 nitrogen and oxygen atoms in total. The fraction of sp³-hybridized carbons (Fsp3) is 0.919. The largest absolute Gasteiger partial charge is 0.394 e. The van der Waals surface area contributed by atoms with Crippen LogP contribution >= 0.6 is 0 Å².